The molecule has 0 aliphatic heterocycles. The van der Waals surface area contributed by atoms with Gasteiger partial charge in [0, 0.05) is 18.5 Å². The van der Waals surface area contributed by atoms with Crippen LogP contribution in [0.5, 0.6) is 11.6 Å². The highest BCUT2D eigenvalue weighted by Crippen LogP contribution is 2.31. The first-order valence-electron chi connectivity index (χ1n) is 6.23. The van der Waals surface area contributed by atoms with Gasteiger partial charge in [0.05, 0.1) is 11.2 Å². The van der Waals surface area contributed by atoms with E-state index in [-0.39, 0.29) is 11.4 Å². The third-order valence-corrected chi connectivity index (χ3v) is 2.99. The van der Waals surface area contributed by atoms with E-state index >= 15 is 0 Å². The number of hydrogen-bond donors (Lipinski definition) is 1. The van der Waals surface area contributed by atoms with Gasteiger partial charge < -0.3 is 9.84 Å². The molecular weight excluding hydrogens is 272 g/mol. The van der Waals surface area contributed by atoms with Crippen LogP contribution in [0.25, 0.3) is 10.9 Å². The van der Waals surface area contributed by atoms with Crippen LogP contribution < -0.4 is 4.74 Å². The lowest BCUT2D eigenvalue weighted by Gasteiger charge is -2.10. The lowest BCUT2D eigenvalue weighted by molar-refractivity contribution is 0.0686. The van der Waals surface area contributed by atoms with Crippen LogP contribution in [0.15, 0.2) is 30.3 Å². The quantitative estimate of drug-likeness (QED) is 0.792. The summed E-state index contributed by atoms with van der Waals surface area (Å²) in [7, 11) is 1.72. The number of nitrogens with zero attached hydrogens (tertiary/aromatic N) is 4. The number of carboxylic acids is 1. The molecule has 0 bridgehead atoms. The number of carboxylic acid groups (broad SMARTS) is 1. The minimum Gasteiger partial charge on any atom is -0.476 e. The van der Waals surface area contributed by atoms with Crippen molar-refractivity contribution in [2.75, 3.05) is 0 Å². The lowest BCUT2D eigenvalue weighted by Crippen LogP contribution is -2.07. The Balaban J connectivity index is 2.21. The Morgan fingerprint density at radius 2 is 2.05 bits per heavy atom. The van der Waals surface area contributed by atoms with Crippen molar-refractivity contribution in [2.45, 2.75) is 6.92 Å². The Kier molecular flexibility index (Phi) is 3.02. The van der Waals surface area contributed by atoms with Crippen LogP contribution >= 0.6 is 0 Å². The van der Waals surface area contributed by atoms with E-state index in [0.717, 1.165) is 5.69 Å². The number of aromatic carboxylic acids is 1. The fraction of sp³-hybridized carbons (Fsp3) is 0.143. The Labute approximate surface area is 119 Å². The molecular formula is C14H12N4O3. The van der Waals surface area contributed by atoms with Crippen molar-refractivity contribution in [3.63, 3.8) is 0 Å². The van der Waals surface area contributed by atoms with Crippen LogP contribution in [-0.2, 0) is 7.05 Å². The molecule has 3 aromatic rings. The van der Waals surface area contributed by atoms with Gasteiger partial charge in [0.25, 0.3) is 0 Å². The molecule has 1 N–H and O–H groups in total. The van der Waals surface area contributed by atoms with Crippen molar-refractivity contribution in [2.24, 2.45) is 7.05 Å². The largest absolute Gasteiger partial charge is 0.476 e. The molecule has 106 valence electrons. The first-order valence-corrected chi connectivity index (χ1v) is 6.23. The number of carbonyl (C=O) groups is 1. The summed E-state index contributed by atoms with van der Waals surface area (Å²) in [5.41, 5.74) is 1.11. The predicted octanol–water partition coefficient (Wildman–Crippen LogP) is 2.16. The summed E-state index contributed by atoms with van der Waals surface area (Å²) in [6, 6.07) is 8.80. The molecule has 0 spiro atoms. The summed E-state index contributed by atoms with van der Waals surface area (Å²) in [4.78, 5) is 11.3. The summed E-state index contributed by atoms with van der Waals surface area (Å²) in [5.74, 6) is -0.591. The zero-order chi connectivity index (χ0) is 15.0. The molecule has 0 saturated heterocycles. The van der Waals surface area contributed by atoms with E-state index < -0.39 is 5.97 Å². The SMILES string of the molecule is Cc1cc(Oc2c(C(=O)O)nnc3ccccc23)n(C)n1. The molecule has 0 aliphatic rings. The average Bonchev–Trinajstić information content (AvgIpc) is 2.77. The second-order valence-corrected chi connectivity index (χ2v) is 4.55. The maximum atomic E-state index is 11.3. The van der Waals surface area contributed by atoms with Crippen molar-refractivity contribution in [3.05, 3.63) is 41.7 Å². The van der Waals surface area contributed by atoms with Gasteiger partial charge in [-0.15, -0.1) is 10.2 Å². The van der Waals surface area contributed by atoms with E-state index in [4.69, 9.17) is 4.74 Å². The molecule has 2 aromatic heterocycles. The van der Waals surface area contributed by atoms with Gasteiger partial charge in [-0.25, -0.2) is 9.48 Å². The zero-order valence-corrected chi connectivity index (χ0v) is 11.4. The summed E-state index contributed by atoms with van der Waals surface area (Å²) < 4.78 is 7.29. The fourth-order valence-electron chi connectivity index (χ4n) is 2.06. The van der Waals surface area contributed by atoms with Crippen molar-refractivity contribution in [1.29, 1.82) is 0 Å². The van der Waals surface area contributed by atoms with E-state index in [1.165, 1.54) is 4.68 Å². The Morgan fingerprint density at radius 1 is 1.29 bits per heavy atom. The topological polar surface area (TPSA) is 90.1 Å². The fourth-order valence-corrected chi connectivity index (χ4v) is 2.06. The normalized spacial score (nSPS) is 10.8. The predicted molar refractivity (Wildman–Crippen MR) is 74.5 cm³/mol. The maximum absolute atomic E-state index is 11.3. The number of ether oxygens (including phenoxy) is 1. The third kappa shape index (κ3) is 2.29. The summed E-state index contributed by atoms with van der Waals surface area (Å²) in [6.07, 6.45) is 0. The van der Waals surface area contributed by atoms with Crippen LogP contribution in [0, 0.1) is 6.92 Å². The smallest absolute Gasteiger partial charge is 0.360 e. The van der Waals surface area contributed by atoms with Gasteiger partial charge in [-0.3, -0.25) is 0 Å². The molecule has 7 heteroatoms. The van der Waals surface area contributed by atoms with Crippen LogP contribution in [0.3, 0.4) is 0 Å². The molecule has 0 amide bonds. The molecule has 0 fully saturated rings. The van der Waals surface area contributed by atoms with E-state index in [9.17, 15) is 9.90 Å². The Morgan fingerprint density at radius 3 is 2.71 bits per heavy atom. The lowest BCUT2D eigenvalue weighted by atomic mass is 10.2. The third-order valence-electron chi connectivity index (χ3n) is 2.99. The second-order valence-electron chi connectivity index (χ2n) is 4.55. The van der Waals surface area contributed by atoms with Crippen molar-refractivity contribution in [3.8, 4) is 11.6 Å². The highest BCUT2D eigenvalue weighted by Gasteiger charge is 2.20. The highest BCUT2D eigenvalue weighted by atomic mass is 16.5. The second kappa shape index (κ2) is 4.86. The van der Waals surface area contributed by atoms with E-state index in [1.54, 1.807) is 37.4 Å². The maximum Gasteiger partial charge on any atom is 0.360 e. The molecule has 7 nitrogen and oxygen atoms in total. The summed E-state index contributed by atoms with van der Waals surface area (Å²) >= 11 is 0. The molecule has 0 aliphatic carbocycles. The van der Waals surface area contributed by atoms with Gasteiger partial charge in [0.15, 0.2) is 5.75 Å². The van der Waals surface area contributed by atoms with E-state index in [1.807, 2.05) is 6.92 Å². The van der Waals surface area contributed by atoms with Gasteiger partial charge >= 0.3 is 5.97 Å². The van der Waals surface area contributed by atoms with Crippen molar-refractivity contribution in [1.82, 2.24) is 20.0 Å². The van der Waals surface area contributed by atoms with E-state index in [2.05, 4.69) is 15.3 Å². The van der Waals surface area contributed by atoms with Crippen molar-refractivity contribution >= 4 is 16.9 Å². The number of rotatable bonds is 3. The minimum atomic E-state index is -1.19. The number of aryl methyl sites for hydroxylation is 2. The highest BCUT2D eigenvalue weighted by molar-refractivity contribution is 5.96. The van der Waals surface area contributed by atoms with E-state index in [0.29, 0.717) is 16.8 Å². The first kappa shape index (κ1) is 13.0. The Hall–Kier alpha value is -2.96. The number of hydrogen-bond acceptors (Lipinski definition) is 5. The van der Waals surface area contributed by atoms with Gasteiger partial charge in [0.2, 0.25) is 11.6 Å². The first-order chi connectivity index (χ1) is 10.1. The molecule has 0 radical (unpaired) electrons. The summed E-state index contributed by atoms with van der Waals surface area (Å²) in [6.45, 7) is 1.83. The van der Waals surface area contributed by atoms with Gasteiger partial charge in [-0.05, 0) is 19.1 Å². The van der Waals surface area contributed by atoms with Gasteiger partial charge in [-0.2, -0.15) is 5.10 Å². The molecule has 3 rings (SSSR count). The zero-order valence-electron chi connectivity index (χ0n) is 11.4. The van der Waals surface area contributed by atoms with Crippen LogP contribution in [0.4, 0.5) is 0 Å². The standard InChI is InChI=1S/C14H12N4O3/c1-8-7-11(18(2)17-8)21-13-9-5-3-4-6-10(9)15-16-12(13)14(19)20/h3-7H,1-2H3,(H,19,20). The number of fused-ring (bicyclic) bond motifs is 1. The molecule has 0 unspecified atom stereocenters. The average molecular weight is 284 g/mol. The number of aromatic nitrogens is 4. The monoisotopic (exact) mass is 284 g/mol. The molecule has 2 heterocycles. The van der Waals surface area contributed by atoms with Gasteiger partial charge in [0.1, 0.15) is 0 Å². The Bertz CT molecular complexity index is 841. The van der Waals surface area contributed by atoms with Crippen LogP contribution in [-0.4, -0.2) is 31.1 Å². The summed E-state index contributed by atoms with van der Waals surface area (Å²) in [5, 5.41) is 21.7. The van der Waals surface area contributed by atoms with Crippen LogP contribution in [0.1, 0.15) is 16.2 Å². The molecule has 0 atom stereocenters. The minimum absolute atomic E-state index is 0.163. The van der Waals surface area contributed by atoms with Gasteiger partial charge in [-0.1, -0.05) is 12.1 Å². The molecule has 1 aromatic carbocycles. The number of benzene rings is 1. The molecule has 21 heavy (non-hydrogen) atoms. The molecule has 0 saturated carbocycles. The van der Waals surface area contributed by atoms with Crippen LogP contribution in [0.2, 0.25) is 0 Å². The van der Waals surface area contributed by atoms with Crippen molar-refractivity contribution < 1.29 is 14.6 Å².